The van der Waals surface area contributed by atoms with Crippen molar-refractivity contribution in [3.63, 3.8) is 0 Å². The third-order valence-corrected chi connectivity index (χ3v) is 3.50. The average Bonchev–Trinajstić information content (AvgIpc) is 2.59. The molecule has 1 fully saturated rings. The molecule has 0 aromatic heterocycles. The van der Waals surface area contributed by atoms with Gasteiger partial charge in [0.05, 0.1) is 24.6 Å². The highest BCUT2D eigenvalue weighted by Crippen LogP contribution is 2.32. The van der Waals surface area contributed by atoms with E-state index in [9.17, 15) is 8.78 Å². The molecule has 1 rings (SSSR count). The summed E-state index contributed by atoms with van der Waals surface area (Å²) in [5.41, 5.74) is -0.342. The SMILES string of the molecule is CC(C)(C#N)CCCCN1CC(F)(F)CC1CO. The van der Waals surface area contributed by atoms with E-state index in [0.717, 1.165) is 19.3 Å². The van der Waals surface area contributed by atoms with Crippen LogP contribution in [0.1, 0.15) is 39.5 Å². The molecule has 1 heterocycles. The fourth-order valence-electron chi connectivity index (χ4n) is 2.34. The Bertz CT molecular complexity index is 313. The average molecular weight is 260 g/mol. The minimum Gasteiger partial charge on any atom is -0.395 e. The largest absolute Gasteiger partial charge is 0.395 e. The maximum Gasteiger partial charge on any atom is 0.262 e. The molecule has 1 N–H and O–H groups in total. The van der Waals surface area contributed by atoms with Crippen LogP contribution >= 0.6 is 0 Å². The second kappa shape index (κ2) is 5.94. The summed E-state index contributed by atoms with van der Waals surface area (Å²) in [5.74, 6) is -2.67. The Balaban J connectivity index is 2.30. The monoisotopic (exact) mass is 260 g/mol. The molecule has 104 valence electrons. The van der Waals surface area contributed by atoms with E-state index in [-0.39, 0.29) is 25.0 Å². The zero-order valence-corrected chi connectivity index (χ0v) is 11.1. The Morgan fingerprint density at radius 1 is 1.44 bits per heavy atom. The minimum atomic E-state index is -2.67. The third-order valence-electron chi connectivity index (χ3n) is 3.50. The first-order valence-electron chi connectivity index (χ1n) is 6.44. The number of unbranched alkanes of at least 4 members (excludes halogenated alkanes) is 1. The second-order valence-electron chi connectivity index (χ2n) is 5.82. The lowest BCUT2D eigenvalue weighted by Gasteiger charge is -2.22. The minimum absolute atomic E-state index is 0.209. The molecule has 0 radical (unpaired) electrons. The number of aliphatic hydroxyl groups is 1. The van der Waals surface area contributed by atoms with Gasteiger partial charge >= 0.3 is 0 Å². The quantitative estimate of drug-likeness (QED) is 0.746. The second-order valence-corrected chi connectivity index (χ2v) is 5.82. The van der Waals surface area contributed by atoms with Gasteiger partial charge in [-0.05, 0) is 33.2 Å². The van der Waals surface area contributed by atoms with Crippen molar-refractivity contribution < 1.29 is 13.9 Å². The van der Waals surface area contributed by atoms with Gasteiger partial charge in [0.25, 0.3) is 5.92 Å². The van der Waals surface area contributed by atoms with Gasteiger partial charge in [0.15, 0.2) is 0 Å². The van der Waals surface area contributed by atoms with Crippen LogP contribution in [0.2, 0.25) is 0 Å². The van der Waals surface area contributed by atoms with Crippen LogP contribution in [0, 0.1) is 16.7 Å². The van der Waals surface area contributed by atoms with Crippen LogP contribution in [-0.2, 0) is 0 Å². The number of hydrogen-bond donors (Lipinski definition) is 1. The number of alkyl halides is 2. The van der Waals surface area contributed by atoms with Gasteiger partial charge in [-0.2, -0.15) is 5.26 Å². The molecular formula is C13H22F2N2O. The van der Waals surface area contributed by atoms with E-state index in [4.69, 9.17) is 10.4 Å². The van der Waals surface area contributed by atoms with E-state index in [1.165, 1.54) is 0 Å². The van der Waals surface area contributed by atoms with Crippen LogP contribution in [0.25, 0.3) is 0 Å². The van der Waals surface area contributed by atoms with Gasteiger partial charge in [-0.3, -0.25) is 4.90 Å². The van der Waals surface area contributed by atoms with Gasteiger partial charge in [-0.25, -0.2) is 8.78 Å². The van der Waals surface area contributed by atoms with Crippen molar-refractivity contribution in [1.29, 1.82) is 5.26 Å². The number of nitriles is 1. The number of nitrogens with zero attached hydrogens (tertiary/aromatic N) is 2. The predicted octanol–water partition coefficient (Wildman–Crippen LogP) is 2.41. The van der Waals surface area contributed by atoms with E-state index < -0.39 is 12.0 Å². The highest BCUT2D eigenvalue weighted by Gasteiger charge is 2.44. The first-order chi connectivity index (χ1) is 8.29. The van der Waals surface area contributed by atoms with Crippen LogP contribution in [0.4, 0.5) is 8.78 Å². The maximum absolute atomic E-state index is 13.2. The molecule has 1 saturated heterocycles. The van der Waals surface area contributed by atoms with Crippen LogP contribution in [0.3, 0.4) is 0 Å². The zero-order chi connectivity index (χ0) is 13.8. The molecule has 0 aromatic rings. The van der Waals surface area contributed by atoms with E-state index in [1.807, 2.05) is 13.8 Å². The number of aliphatic hydroxyl groups excluding tert-OH is 1. The van der Waals surface area contributed by atoms with E-state index in [1.54, 1.807) is 4.90 Å². The van der Waals surface area contributed by atoms with E-state index in [2.05, 4.69) is 6.07 Å². The highest BCUT2D eigenvalue weighted by atomic mass is 19.3. The molecule has 0 saturated carbocycles. The molecule has 1 aliphatic rings. The number of halogens is 2. The summed E-state index contributed by atoms with van der Waals surface area (Å²) in [6.45, 7) is 3.88. The molecule has 3 nitrogen and oxygen atoms in total. The predicted molar refractivity (Wildman–Crippen MR) is 65.3 cm³/mol. The Labute approximate surface area is 107 Å². The van der Waals surface area contributed by atoms with Gasteiger partial charge in [0.1, 0.15) is 0 Å². The Hall–Kier alpha value is -0.730. The summed E-state index contributed by atoms with van der Waals surface area (Å²) in [6.07, 6.45) is 2.17. The summed E-state index contributed by atoms with van der Waals surface area (Å²) in [4.78, 5) is 1.67. The Morgan fingerprint density at radius 2 is 2.11 bits per heavy atom. The lowest BCUT2D eigenvalue weighted by Crippen LogP contribution is -2.33. The molecule has 5 heteroatoms. The molecule has 0 spiro atoms. The van der Waals surface area contributed by atoms with Crippen LogP contribution in [0.5, 0.6) is 0 Å². The summed E-state index contributed by atoms with van der Waals surface area (Å²) in [6, 6.07) is 1.82. The molecule has 1 atom stereocenters. The van der Waals surface area contributed by atoms with Gasteiger partial charge in [-0.15, -0.1) is 0 Å². The molecule has 0 bridgehead atoms. The molecule has 1 unspecified atom stereocenters. The van der Waals surface area contributed by atoms with Crippen molar-refractivity contribution in [2.75, 3.05) is 19.7 Å². The smallest absolute Gasteiger partial charge is 0.262 e. The fourth-order valence-corrected chi connectivity index (χ4v) is 2.34. The van der Waals surface area contributed by atoms with Crippen LogP contribution < -0.4 is 0 Å². The standard InChI is InChI=1S/C13H22F2N2O/c1-12(2,9-16)5-3-4-6-17-10-13(14,15)7-11(17)8-18/h11,18H,3-8,10H2,1-2H3. The number of likely N-dealkylation sites (tertiary alicyclic amines) is 1. The van der Waals surface area contributed by atoms with Crippen molar-refractivity contribution in [1.82, 2.24) is 4.90 Å². The van der Waals surface area contributed by atoms with Crippen molar-refractivity contribution in [2.45, 2.75) is 51.5 Å². The Kier molecular flexibility index (Phi) is 5.06. The van der Waals surface area contributed by atoms with Crippen molar-refractivity contribution >= 4 is 0 Å². The molecule has 0 aromatic carbocycles. The lowest BCUT2D eigenvalue weighted by atomic mass is 9.89. The Morgan fingerprint density at radius 3 is 2.67 bits per heavy atom. The number of rotatable bonds is 6. The van der Waals surface area contributed by atoms with Gasteiger partial charge in [0, 0.05) is 12.5 Å². The normalized spacial score (nSPS) is 24.1. The fraction of sp³-hybridized carbons (Fsp3) is 0.923. The van der Waals surface area contributed by atoms with Crippen molar-refractivity contribution in [3.8, 4) is 6.07 Å². The summed E-state index contributed by atoms with van der Waals surface area (Å²) >= 11 is 0. The van der Waals surface area contributed by atoms with Crippen molar-refractivity contribution in [2.24, 2.45) is 5.41 Å². The number of hydrogen-bond acceptors (Lipinski definition) is 3. The summed E-state index contributed by atoms with van der Waals surface area (Å²) in [5, 5.41) is 17.9. The van der Waals surface area contributed by atoms with Crippen molar-refractivity contribution in [3.05, 3.63) is 0 Å². The first-order valence-corrected chi connectivity index (χ1v) is 6.44. The van der Waals surface area contributed by atoms with Gasteiger partial charge in [-0.1, -0.05) is 6.42 Å². The highest BCUT2D eigenvalue weighted by molar-refractivity contribution is 4.92. The van der Waals surface area contributed by atoms with Crippen LogP contribution in [-0.4, -0.2) is 41.7 Å². The topological polar surface area (TPSA) is 47.3 Å². The molecule has 0 amide bonds. The van der Waals surface area contributed by atoms with Gasteiger partial charge in [0.2, 0.25) is 0 Å². The molecular weight excluding hydrogens is 238 g/mol. The molecule has 1 aliphatic heterocycles. The van der Waals surface area contributed by atoms with E-state index >= 15 is 0 Å². The summed E-state index contributed by atoms with van der Waals surface area (Å²) < 4.78 is 26.4. The van der Waals surface area contributed by atoms with Crippen LogP contribution in [0.15, 0.2) is 0 Å². The lowest BCUT2D eigenvalue weighted by molar-refractivity contribution is 0.0116. The maximum atomic E-state index is 13.2. The third kappa shape index (κ3) is 4.51. The van der Waals surface area contributed by atoms with Gasteiger partial charge < -0.3 is 5.11 Å². The zero-order valence-electron chi connectivity index (χ0n) is 11.1. The van der Waals surface area contributed by atoms with E-state index in [0.29, 0.717) is 6.54 Å². The molecule has 18 heavy (non-hydrogen) atoms. The molecule has 0 aliphatic carbocycles. The summed E-state index contributed by atoms with van der Waals surface area (Å²) in [7, 11) is 0. The first kappa shape index (κ1) is 15.3.